The van der Waals surface area contributed by atoms with Crippen LogP contribution in [0.25, 0.3) is 0 Å². The Balaban J connectivity index is 1.95. The molecule has 1 atom stereocenters. The van der Waals surface area contributed by atoms with E-state index in [1.165, 1.54) is 4.90 Å². The normalized spacial score (nSPS) is 19.3. The molecular weight excluding hydrogens is 236 g/mol. The Morgan fingerprint density at radius 1 is 1.33 bits per heavy atom. The SMILES string of the molecule is O=C(Nc1ccccc1)C1CN(C(=O)O)CCO1. The van der Waals surface area contributed by atoms with Gasteiger partial charge in [-0.05, 0) is 12.1 Å². The van der Waals surface area contributed by atoms with Gasteiger partial charge >= 0.3 is 6.09 Å². The van der Waals surface area contributed by atoms with Crippen LogP contribution in [0.3, 0.4) is 0 Å². The molecule has 1 aliphatic rings. The standard InChI is InChI=1S/C12H14N2O4/c15-11(13-9-4-2-1-3-5-9)10-8-14(12(16)17)6-7-18-10/h1-5,10H,6-8H2,(H,13,15)(H,16,17). The summed E-state index contributed by atoms with van der Waals surface area (Å²) in [6.45, 7) is 0.595. The number of para-hydroxylation sites is 1. The summed E-state index contributed by atoms with van der Waals surface area (Å²) < 4.78 is 5.28. The average Bonchev–Trinajstić information content (AvgIpc) is 2.40. The molecule has 0 radical (unpaired) electrons. The first-order valence-corrected chi connectivity index (χ1v) is 5.62. The predicted molar refractivity (Wildman–Crippen MR) is 64.4 cm³/mol. The number of hydrogen-bond acceptors (Lipinski definition) is 3. The Labute approximate surface area is 104 Å². The van der Waals surface area contributed by atoms with E-state index in [9.17, 15) is 9.59 Å². The monoisotopic (exact) mass is 250 g/mol. The van der Waals surface area contributed by atoms with Crippen molar-refractivity contribution in [2.45, 2.75) is 6.10 Å². The molecule has 96 valence electrons. The highest BCUT2D eigenvalue weighted by molar-refractivity contribution is 5.94. The molecule has 0 bridgehead atoms. The summed E-state index contributed by atoms with van der Waals surface area (Å²) in [5.74, 6) is -0.327. The first kappa shape index (κ1) is 12.4. The molecule has 0 spiro atoms. The number of rotatable bonds is 2. The maximum atomic E-state index is 11.9. The zero-order valence-electron chi connectivity index (χ0n) is 9.70. The molecule has 1 aliphatic heterocycles. The van der Waals surface area contributed by atoms with Crippen molar-refractivity contribution >= 4 is 17.7 Å². The first-order valence-electron chi connectivity index (χ1n) is 5.62. The summed E-state index contributed by atoms with van der Waals surface area (Å²) in [6.07, 6.45) is -1.79. The third kappa shape index (κ3) is 2.98. The van der Waals surface area contributed by atoms with Gasteiger partial charge in [0.25, 0.3) is 5.91 Å². The Hall–Kier alpha value is -2.08. The molecule has 0 aliphatic carbocycles. The lowest BCUT2D eigenvalue weighted by atomic mass is 10.2. The highest BCUT2D eigenvalue weighted by atomic mass is 16.5. The van der Waals surface area contributed by atoms with E-state index >= 15 is 0 Å². The Kier molecular flexibility index (Phi) is 3.78. The van der Waals surface area contributed by atoms with E-state index in [0.29, 0.717) is 12.2 Å². The Bertz CT molecular complexity index is 435. The van der Waals surface area contributed by atoms with Crippen LogP contribution in [0.4, 0.5) is 10.5 Å². The van der Waals surface area contributed by atoms with Gasteiger partial charge in [-0.2, -0.15) is 0 Å². The lowest BCUT2D eigenvalue weighted by Gasteiger charge is -2.30. The van der Waals surface area contributed by atoms with Gasteiger partial charge < -0.3 is 20.1 Å². The van der Waals surface area contributed by atoms with Crippen molar-refractivity contribution in [1.82, 2.24) is 4.90 Å². The van der Waals surface area contributed by atoms with Crippen LogP contribution in [0.15, 0.2) is 30.3 Å². The van der Waals surface area contributed by atoms with E-state index < -0.39 is 12.2 Å². The van der Waals surface area contributed by atoms with Crippen LogP contribution in [0.5, 0.6) is 0 Å². The largest absolute Gasteiger partial charge is 0.465 e. The Morgan fingerprint density at radius 3 is 2.72 bits per heavy atom. The van der Waals surface area contributed by atoms with Crippen LogP contribution in [0, 0.1) is 0 Å². The molecule has 2 rings (SSSR count). The fourth-order valence-corrected chi connectivity index (χ4v) is 1.73. The van der Waals surface area contributed by atoms with Gasteiger partial charge in [0.15, 0.2) is 6.10 Å². The van der Waals surface area contributed by atoms with Crippen molar-refractivity contribution in [3.8, 4) is 0 Å². The lowest BCUT2D eigenvalue weighted by Crippen LogP contribution is -2.49. The van der Waals surface area contributed by atoms with E-state index in [-0.39, 0.29) is 19.1 Å². The Morgan fingerprint density at radius 2 is 2.06 bits per heavy atom. The average molecular weight is 250 g/mol. The molecule has 1 aromatic rings. The van der Waals surface area contributed by atoms with Crippen molar-refractivity contribution in [2.24, 2.45) is 0 Å². The van der Waals surface area contributed by atoms with Crippen LogP contribution in [-0.2, 0) is 9.53 Å². The van der Waals surface area contributed by atoms with Crippen molar-refractivity contribution < 1.29 is 19.4 Å². The van der Waals surface area contributed by atoms with Crippen molar-refractivity contribution in [3.63, 3.8) is 0 Å². The minimum Gasteiger partial charge on any atom is -0.465 e. The number of carbonyl (C=O) groups excluding carboxylic acids is 1. The molecule has 1 fully saturated rings. The van der Waals surface area contributed by atoms with Crippen LogP contribution >= 0.6 is 0 Å². The summed E-state index contributed by atoms with van der Waals surface area (Å²) in [5, 5.41) is 11.6. The van der Waals surface area contributed by atoms with Crippen molar-refractivity contribution in [3.05, 3.63) is 30.3 Å². The maximum absolute atomic E-state index is 11.9. The van der Waals surface area contributed by atoms with Gasteiger partial charge in [-0.25, -0.2) is 4.79 Å². The van der Waals surface area contributed by atoms with Crippen molar-refractivity contribution in [1.29, 1.82) is 0 Å². The zero-order chi connectivity index (χ0) is 13.0. The number of nitrogens with one attached hydrogen (secondary N) is 1. The fourth-order valence-electron chi connectivity index (χ4n) is 1.73. The number of nitrogens with zero attached hydrogens (tertiary/aromatic N) is 1. The topological polar surface area (TPSA) is 78.9 Å². The third-order valence-corrected chi connectivity index (χ3v) is 2.67. The molecule has 0 aromatic heterocycles. The highest BCUT2D eigenvalue weighted by Crippen LogP contribution is 2.10. The molecule has 6 nitrogen and oxygen atoms in total. The molecule has 18 heavy (non-hydrogen) atoms. The second-order valence-electron chi connectivity index (χ2n) is 3.94. The molecule has 1 aromatic carbocycles. The smallest absolute Gasteiger partial charge is 0.407 e. The molecule has 0 saturated carbocycles. The second-order valence-corrected chi connectivity index (χ2v) is 3.94. The van der Waals surface area contributed by atoms with E-state index in [0.717, 1.165) is 0 Å². The first-order chi connectivity index (χ1) is 8.66. The number of carboxylic acid groups (broad SMARTS) is 1. The van der Waals surface area contributed by atoms with Gasteiger partial charge in [0.2, 0.25) is 0 Å². The van der Waals surface area contributed by atoms with Crippen LogP contribution in [-0.4, -0.2) is 47.8 Å². The van der Waals surface area contributed by atoms with Gasteiger partial charge in [0.05, 0.1) is 13.2 Å². The second kappa shape index (κ2) is 5.50. The minimum absolute atomic E-state index is 0.0635. The number of hydrogen-bond donors (Lipinski definition) is 2. The third-order valence-electron chi connectivity index (χ3n) is 2.67. The number of ether oxygens (including phenoxy) is 1. The van der Waals surface area contributed by atoms with Gasteiger partial charge in [-0.1, -0.05) is 18.2 Å². The number of morpholine rings is 1. The molecule has 2 amide bonds. The molecule has 1 heterocycles. The molecule has 2 N–H and O–H groups in total. The molecule has 1 saturated heterocycles. The van der Waals surface area contributed by atoms with Crippen LogP contribution in [0.2, 0.25) is 0 Å². The number of benzene rings is 1. The van der Waals surface area contributed by atoms with Gasteiger partial charge in [0.1, 0.15) is 0 Å². The number of anilines is 1. The molecule has 1 unspecified atom stereocenters. The number of carbonyl (C=O) groups is 2. The van der Waals surface area contributed by atoms with Crippen molar-refractivity contribution in [2.75, 3.05) is 25.0 Å². The lowest BCUT2D eigenvalue weighted by molar-refractivity contribution is -0.131. The highest BCUT2D eigenvalue weighted by Gasteiger charge is 2.28. The summed E-state index contributed by atoms with van der Waals surface area (Å²) in [6, 6.07) is 8.98. The summed E-state index contributed by atoms with van der Waals surface area (Å²) in [5.41, 5.74) is 0.665. The number of amides is 2. The fraction of sp³-hybridized carbons (Fsp3) is 0.333. The summed E-state index contributed by atoms with van der Waals surface area (Å²) >= 11 is 0. The maximum Gasteiger partial charge on any atom is 0.407 e. The summed E-state index contributed by atoms with van der Waals surface area (Å²) in [4.78, 5) is 23.9. The molecular formula is C12H14N2O4. The van der Waals surface area contributed by atoms with Gasteiger partial charge in [-0.3, -0.25) is 4.79 Å². The van der Waals surface area contributed by atoms with E-state index in [1.54, 1.807) is 24.3 Å². The van der Waals surface area contributed by atoms with E-state index in [1.807, 2.05) is 6.07 Å². The van der Waals surface area contributed by atoms with Crippen LogP contribution < -0.4 is 5.32 Å². The quantitative estimate of drug-likeness (QED) is 0.820. The predicted octanol–water partition coefficient (Wildman–Crippen LogP) is 1.00. The zero-order valence-corrected chi connectivity index (χ0v) is 9.70. The van der Waals surface area contributed by atoms with Gasteiger partial charge in [0, 0.05) is 12.2 Å². The molecule has 6 heteroatoms. The van der Waals surface area contributed by atoms with E-state index in [4.69, 9.17) is 9.84 Å². The van der Waals surface area contributed by atoms with Crippen LogP contribution in [0.1, 0.15) is 0 Å². The van der Waals surface area contributed by atoms with E-state index in [2.05, 4.69) is 5.32 Å². The summed E-state index contributed by atoms with van der Waals surface area (Å²) in [7, 11) is 0. The van der Waals surface area contributed by atoms with Gasteiger partial charge in [-0.15, -0.1) is 0 Å². The minimum atomic E-state index is -1.03.